The highest BCUT2D eigenvalue weighted by atomic mass is 16.1. The van der Waals surface area contributed by atoms with Crippen LogP contribution in [0.2, 0.25) is 0 Å². The molecule has 0 aliphatic carbocycles. The maximum Gasteiger partial charge on any atom is 0.224 e. The molecule has 2 rings (SSSR count). The second-order valence-corrected chi connectivity index (χ2v) is 4.28. The van der Waals surface area contributed by atoms with Gasteiger partial charge >= 0.3 is 0 Å². The topological polar surface area (TPSA) is 41.1 Å². The van der Waals surface area contributed by atoms with Crippen molar-refractivity contribution in [1.29, 1.82) is 0 Å². The highest BCUT2D eigenvalue weighted by molar-refractivity contribution is 5.91. The monoisotopic (exact) mass is 230 g/mol. The van der Waals surface area contributed by atoms with Gasteiger partial charge in [0.15, 0.2) is 0 Å². The van der Waals surface area contributed by atoms with Gasteiger partial charge in [0.2, 0.25) is 5.91 Å². The van der Waals surface area contributed by atoms with Gasteiger partial charge in [-0.2, -0.15) is 0 Å². The molecule has 0 bridgehead atoms. The minimum absolute atomic E-state index is 0.0496. The molecule has 3 heteroatoms. The van der Waals surface area contributed by atoms with Gasteiger partial charge in [0.1, 0.15) is 0 Å². The maximum atomic E-state index is 11.6. The van der Waals surface area contributed by atoms with Crippen molar-refractivity contribution < 1.29 is 4.79 Å². The van der Waals surface area contributed by atoms with Gasteiger partial charge in [-0.15, -0.1) is 6.58 Å². The van der Waals surface area contributed by atoms with Crippen molar-refractivity contribution in [2.24, 2.45) is 0 Å². The van der Waals surface area contributed by atoms with E-state index >= 15 is 0 Å². The predicted octanol–water partition coefficient (Wildman–Crippen LogP) is 2.95. The molecule has 0 aromatic heterocycles. The van der Waals surface area contributed by atoms with Crippen molar-refractivity contribution in [1.82, 2.24) is 0 Å². The Labute approximate surface area is 102 Å². The Hall–Kier alpha value is -1.77. The highest BCUT2D eigenvalue weighted by Crippen LogP contribution is 2.25. The van der Waals surface area contributed by atoms with Crippen molar-refractivity contribution in [2.75, 3.05) is 17.2 Å². The summed E-state index contributed by atoms with van der Waals surface area (Å²) in [6, 6.07) is 6.05. The van der Waals surface area contributed by atoms with Crippen LogP contribution >= 0.6 is 0 Å². The van der Waals surface area contributed by atoms with E-state index in [2.05, 4.69) is 23.3 Å². The Balaban J connectivity index is 2.01. The smallest absolute Gasteiger partial charge is 0.224 e. The number of aryl methyl sites for hydroxylation is 1. The second-order valence-electron chi connectivity index (χ2n) is 4.28. The fourth-order valence-electron chi connectivity index (χ4n) is 2.01. The van der Waals surface area contributed by atoms with Crippen molar-refractivity contribution in [2.45, 2.75) is 25.7 Å². The number of allylic oxidation sites excluding steroid dienone is 1. The zero-order valence-electron chi connectivity index (χ0n) is 9.96. The van der Waals surface area contributed by atoms with Gasteiger partial charge in [0.05, 0.1) is 0 Å². The van der Waals surface area contributed by atoms with Gasteiger partial charge in [0.25, 0.3) is 0 Å². The third-order valence-electron chi connectivity index (χ3n) is 2.90. The van der Waals surface area contributed by atoms with E-state index in [9.17, 15) is 4.79 Å². The molecule has 3 nitrogen and oxygen atoms in total. The van der Waals surface area contributed by atoms with Crippen LogP contribution in [0.5, 0.6) is 0 Å². The summed E-state index contributed by atoms with van der Waals surface area (Å²) >= 11 is 0. The van der Waals surface area contributed by atoms with Crippen molar-refractivity contribution in [3.05, 3.63) is 36.4 Å². The fourth-order valence-corrected chi connectivity index (χ4v) is 2.01. The van der Waals surface area contributed by atoms with Crippen molar-refractivity contribution in [3.63, 3.8) is 0 Å². The molecule has 0 atom stereocenters. The number of anilines is 2. The summed E-state index contributed by atoms with van der Waals surface area (Å²) in [5, 5.41) is 6.26. The molecule has 1 aromatic rings. The summed E-state index contributed by atoms with van der Waals surface area (Å²) in [6.07, 6.45) is 5.22. The van der Waals surface area contributed by atoms with Gasteiger partial charge < -0.3 is 10.6 Å². The summed E-state index contributed by atoms with van der Waals surface area (Å²) in [6.45, 7) is 4.65. The molecule has 1 amide bonds. The third kappa shape index (κ3) is 3.09. The summed E-state index contributed by atoms with van der Waals surface area (Å²) < 4.78 is 0. The van der Waals surface area contributed by atoms with Gasteiger partial charge in [-0.3, -0.25) is 4.79 Å². The molecule has 0 unspecified atom stereocenters. The molecule has 1 aliphatic rings. The van der Waals surface area contributed by atoms with E-state index in [1.54, 1.807) is 6.08 Å². The molecule has 1 aliphatic heterocycles. The molecular weight excluding hydrogens is 212 g/mol. The third-order valence-corrected chi connectivity index (χ3v) is 2.90. The zero-order chi connectivity index (χ0) is 12.1. The van der Waals surface area contributed by atoms with Crippen LogP contribution in [0.15, 0.2) is 30.9 Å². The van der Waals surface area contributed by atoms with Crippen LogP contribution in [0.4, 0.5) is 11.4 Å². The molecule has 0 saturated carbocycles. The number of rotatable bonds is 4. The molecule has 17 heavy (non-hydrogen) atoms. The van der Waals surface area contributed by atoms with Crippen molar-refractivity contribution in [3.8, 4) is 0 Å². The number of fused-ring (bicyclic) bond motifs is 1. The standard InChI is InChI=1S/C14H18N2O/c1-2-3-6-14(17)16-12-7-8-13-11(10-12)5-4-9-15-13/h2,7-8,10,15H,1,3-6,9H2,(H,16,17). The number of carbonyl (C=O) groups excluding carboxylic acids is 1. The van der Waals surface area contributed by atoms with Crippen LogP contribution in [-0.2, 0) is 11.2 Å². The summed E-state index contributed by atoms with van der Waals surface area (Å²) in [4.78, 5) is 11.6. The van der Waals surface area contributed by atoms with Crippen LogP contribution in [-0.4, -0.2) is 12.5 Å². The zero-order valence-corrected chi connectivity index (χ0v) is 9.96. The SMILES string of the molecule is C=CCCC(=O)Nc1ccc2c(c1)CCCN2. The van der Waals surface area contributed by atoms with E-state index in [-0.39, 0.29) is 5.91 Å². The Morgan fingerprint density at radius 3 is 3.24 bits per heavy atom. The Bertz CT molecular complexity index is 426. The van der Waals surface area contributed by atoms with E-state index in [0.717, 1.165) is 31.5 Å². The average Bonchev–Trinajstić information content (AvgIpc) is 2.36. The molecule has 2 N–H and O–H groups in total. The van der Waals surface area contributed by atoms with Gasteiger partial charge in [0, 0.05) is 24.3 Å². The van der Waals surface area contributed by atoms with Crippen molar-refractivity contribution >= 4 is 17.3 Å². The lowest BCUT2D eigenvalue weighted by Gasteiger charge is -2.18. The number of hydrogen-bond acceptors (Lipinski definition) is 2. The van der Waals surface area contributed by atoms with E-state index < -0.39 is 0 Å². The summed E-state index contributed by atoms with van der Waals surface area (Å²) in [7, 11) is 0. The van der Waals surface area contributed by atoms with Crippen LogP contribution in [0.25, 0.3) is 0 Å². The first-order valence-corrected chi connectivity index (χ1v) is 6.07. The number of carbonyl (C=O) groups is 1. The molecule has 1 aromatic carbocycles. The Kier molecular flexibility index (Phi) is 3.81. The summed E-state index contributed by atoms with van der Waals surface area (Å²) in [5.74, 6) is 0.0496. The minimum atomic E-state index is 0.0496. The Morgan fingerprint density at radius 2 is 2.41 bits per heavy atom. The van der Waals surface area contributed by atoms with Gasteiger partial charge in [-0.1, -0.05) is 6.08 Å². The quantitative estimate of drug-likeness (QED) is 0.781. The van der Waals surface area contributed by atoms with Crippen LogP contribution in [0.3, 0.4) is 0 Å². The summed E-state index contributed by atoms with van der Waals surface area (Å²) in [5.41, 5.74) is 3.37. The lowest BCUT2D eigenvalue weighted by atomic mass is 10.0. The van der Waals surface area contributed by atoms with Crippen LogP contribution in [0.1, 0.15) is 24.8 Å². The number of nitrogens with one attached hydrogen (secondary N) is 2. The highest BCUT2D eigenvalue weighted by Gasteiger charge is 2.09. The first kappa shape index (κ1) is 11.7. The van der Waals surface area contributed by atoms with Crippen LogP contribution in [0, 0.1) is 0 Å². The average molecular weight is 230 g/mol. The normalized spacial score (nSPS) is 13.4. The van der Waals surface area contributed by atoms with Crippen LogP contribution < -0.4 is 10.6 Å². The lowest BCUT2D eigenvalue weighted by Crippen LogP contribution is -2.14. The fraction of sp³-hybridized carbons (Fsp3) is 0.357. The lowest BCUT2D eigenvalue weighted by molar-refractivity contribution is -0.116. The predicted molar refractivity (Wildman–Crippen MR) is 71.3 cm³/mol. The molecule has 90 valence electrons. The minimum Gasteiger partial charge on any atom is -0.385 e. The number of hydrogen-bond donors (Lipinski definition) is 2. The van der Waals surface area contributed by atoms with E-state index in [0.29, 0.717) is 6.42 Å². The van der Waals surface area contributed by atoms with E-state index in [4.69, 9.17) is 0 Å². The first-order valence-electron chi connectivity index (χ1n) is 6.07. The molecule has 0 spiro atoms. The molecular formula is C14H18N2O. The van der Waals surface area contributed by atoms with Gasteiger partial charge in [-0.25, -0.2) is 0 Å². The number of benzene rings is 1. The molecule has 0 fully saturated rings. The largest absolute Gasteiger partial charge is 0.385 e. The number of amides is 1. The van der Waals surface area contributed by atoms with Gasteiger partial charge in [-0.05, 0) is 43.0 Å². The molecule has 0 saturated heterocycles. The Morgan fingerprint density at radius 1 is 1.53 bits per heavy atom. The van der Waals surface area contributed by atoms with E-state index in [1.165, 1.54) is 11.3 Å². The molecule has 0 radical (unpaired) electrons. The maximum absolute atomic E-state index is 11.6. The van der Waals surface area contributed by atoms with E-state index in [1.807, 2.05) is 12.1 Å². The second kappa shape index (κ2) is 5.53. The molecule has 1 heterocycles. The first-order chi connectivity index (χ1) is 8.29.